The van der Waals surface area contributed by atoms with Gasteiger partial charge in [-0.3, -0.25) is 9.89 Å². The predicted molar refractivity (Wildman–Crippen MR) is 102 cm³/mol. The Kier molecular flexibility index (Phi) is 3.83. The highest BCUT2D eigenvalue weighted by atomic mass is 19.1. The number of nitrogens with zero attached hydrogens (tertiary/aromatic N) is 3. The van der Waals surface area contributed by atoms with E-state index >= 15 is 0 Å². The van der Waals surface area contributed by atoms with Gasteiger partial charge in [0.1, 0.15) is 17.7 Å². The van der Waals surface area contributed by atoms with Gasteiger partial charge in [-0.05, 0) is 49.4 Å². The number of carbonyl (C=O) groups excluding carboxylic acids is 1. The summed E-state index contributed by atoms with van der Waals surface area (Å²) >= 11 is 0. The molecule has 1 fully saturated rings. The first-order valence-corrected chi connectivity index (χ1v) is 9.35. The average Bonchev–Trinajstić information content (AvgIpc) is 3.27. The molecule has 1 unspecified atom stereocenters. The molecule has 0 saturated heterocycles. The molecule has 1 aromatic carbocycles. The molecule has 0 radical (unpaired) electrons. The van der Waals surface area contributed by atoms with Crippen LogP contribution >= 0.6 is 0 Å². The maximum Gasteiger partial charge on any atom is 0.269 e. The summed E-state index contributed by atoms with van der Waals surface area (Å²) in [6, 6.07) is 4.88. The molecule has 3 aliphatic rings. The predicted octanol–water partition coefficient (Wildman–Crippen LogP) is 2.40. The van der Waals surface area contributed by atoms with Crippen LogP contribution in [0.4, 0.5) is 4.39 Å². The van der Waals surface area contributed by atoms with Crippen molar-refractivity contribution in [3.05, 3.63) is 58.4 Å². The summed E-state index contributed by atoms with van der Waals surface area (Å²) in [7, 11) is 0. The smallest absolute Gasteiger partial charge is 0.269 e. The minimum absolute atomic E-state index is 0.00542. The van der Waals surface area contributed by atoms with Crippen molar-refractivity contribution in [1.29, 1.82) is 0 Å². The van der Waals surface area contributed by atoms with E-state index in [9.17, 15) is 14.3 Å². The van der Waals surface area contributed by atoms with E-state index in [0.29, 0.717) is 17.2 Å². The van der Waals surface area contributed by atoms with Crippen molar-refractivity contribution >= 4 is 5.91 Å². The van der Waals surface area contributed by atoms with Crippen molar-refractivity contribution in [2.24, 2.45) is 5.73 Å². The third kappa shape index (κ3) is 2.51. The summed E-state index contributed by atoms with van der Waals surface area (Å²) in [5.41, 5.74) is 8.23. The van der Waals surface area contributed by atoms with Gasteiger partial charge in [0.15, 0.2) is 5.69 Å². The van der Waals surface area contributed by atoms with Crippen LogP contribution in [0, 0.1) is 17.7 Å². The number of benzene rings is 1. The molecule has 1 saturated carbocycles. The van der Waals surface area contributed by atoms with E-state index in [0.717, 1.165) is 24.0 Å². The molecule has 7 nitrogen and oxygen atoms in total. The number of H-pyrrole nitrogens is 1. The zero-order chi connectivity index (χ0) is 20.3. The number of primary amides is 1. The van der Waals surface area contributed by atoms with Crippen LogP contribution in [-0.2, 0) is 0 Å². The third-order valence-corrected chi connectivity index (χ3v) is 5.82. The number of imidazole rings is 1. The molecule has 146 valence electrons. The maximum atomic E-state index is 14.5. The Balaban J connectivity index is 1.80. The van der Waals surface area contributed by atoms with Crippen LogP contribution in [0.5, 0.6) is 0 Å². The van der Waals surface area contributed by atoms with Gasteiger partial charge < -0.3 is 15.4 Å². The second-order valence-corrected chi connectivity index (χ2v) is 7.43. The Morgan fingerprint density at radius 3 is 2.90 bits per heavy atom. The van der Waals surface area contributed by atoms with Crippen LogP contribution < -0.4 is 5.73 Å². The first kappa shape index (κ1) is 17.6. The minimum atomic E-state index is -1.14. The lowest BCUT2D eigenvalue weighted by Crippen LogP contribution is -2.27. The standard InChI is InChI=1S/C21H18FN5O2/c1-2-3-10-8-14-13(9-15(10)22)11-6-12(7-11)27-18(17(20(23)29)25-21(14)27)19(28)16-4-5-24-26-16/h4-5,8-9,11-12,19,28H,6-7H2,1H3,(H2,23,29)(H,24,26). The van der Waals surface area contributed by atoms with Crippen molar-refractivity contribution in [3.63, 3.8) is 0 Å². The van der Waals surface area contributed by atoms with Gasteiger partial charge in [0.2, 0.25) is 0 Å². The second kappa shape index (κ2) is 6.29. The van der Waals surface area contributed by atoms with E-state index in [-0.39, 0.29) is 29.0 Å². The van der Waals surface area contributed by atoms with Crippen molar-refractivity contribution in [2.45, 2.75) is 37.8 Å². The average molecular weight is 391 g/mol. The molecule has 29 heavy (non-hydrogen) atoms. The fraction of sp³-hybridized carbons (Fsp3) is 0.286. The normalized spacial score (nSPS) is 19.8. The van der Waals surface area contributed by atoms with Crippen molar-refractivity contribution in [2.75, 3.05) is 0 Å². The Bertz CT molecular complexity index is 1200. The van der Waals surface area contributed by atoms with Crippen LogP contribution in [-0.4, -0.2) is 30.8 Å². The van der Waals surface area contributed by atoms with E-state index in [1.165, 1.54) is 12.3 Å². The fourth-order valence-corrected chi connectivity index (χ4v) is 4.42. The van der Waals surface area contributed by atoms with Crippen molar-refractivity contribution < 1.29 is 14.3 Å². The molecule has 2 aliphatic heterocycles. The lowest BCUT2D eigenvalue weighted by atomic mass is 9.75. The number of aromatic nitrogens is 4. The van der Waals surface area contributed by atoms with Crippen LogP contribution in [0.3, 0.4) is 0 Å². The lowest BCUT2D eigenvalue weighted by molar-refractivity contribution is 0.0988. The van der Waals surface area contributed by atoms with Gasteiger partial charge in [-0.1, -0.05) is 5.92 Å². The number of hydrogen-bond donors (Lipinski definition) is 3. The van der Waals surface area contributed by atoms with E-state index in [1.807, 2.05) is 4.57 Å². The number of halogens is 1. The Morgan fingerprint density at radius 1 is 1.45 bits per heavy atom. The van der Waals surface area contributed by atoms with Crippen LogP contribution in [0.25, 0.3) is 11.4 Å². The summed E-state index contributed by atoms with van der Waals surface area (Å²) in [5, 5.41) is 17.6. The fourth-order valence-electron chi connectivity index (χ4n) is 4.42. The van der Waals surface area contributed by atoms with Gasteiger partial charge in [0, 0.05) is 17.8 Å². The van der Waals surface area contributed by atoms with Gasteiger partial charge in [-0.25, -0.2) is 9.37 Å². The van der Waals surface area contributed by atoms with Crippen LogP contribution in [0.15, 0.2) is 24.4 Å². The van der Waals surface area contributed by atoms with Gasteiger partial charge in [0.05, 0.1) is 17.0 Å². The summed E-state index contributed by atoms with van der Waals surface area (Å²) in [4.78, 5) is 16.7. The van der Waals surface area contributed by atoms with Gasteiger partial charge in [0.25, 0.3) is 5.91 Å². The van der Waals surface area contributed by atoms with Gasteiger partial charge in [-0.2, -0.15) is 5.10 Å². The zero-order valence-electron chi connectivity index (χ0n) is 15.6. The molecule has 1 atom stereocenters. The number of nitrogens with two attached hydrogens (primary N) is 1. The van der Waals surface area contributed by atoms with Gasteiger partial charge >= 0.3 is 0 Å². The number of aliphatic hydroxyl groups is 1. The van der Waals surface area contributed by atoms with E-state index in [2.05, 4.69) is 27.0 Å². The molecule has 1 amide bonds. The largest absolute Gasteiger partial charge is 0.380 e. The highest BCUT2D eigenvalue weighted by molar-refractivity contribution is 5.93. The SMILES string of the molecule is CC#Cc1cc2c(cc1F)C1CC(C1)n1c-2nc(C(N)=O)c1C(O)c1ccn[nH]1. The number of carbonyl (C=O) groups is 1. The molecule has 2 aromatic heterocycles. The maximum absolute atomic E-state index is 14.5. The van der Waals surface area contributed by atoms with E-state index in [4.69, 9.17) is 5.73 Å². The molecule has 0 spiro atoms. The number of hydrogen-bond acceptors (Lipinski definition) is 4. The second-order valence-electron chi connectivity index (χ2n) is 7.43. The molecular formula is C21H18FN5O2. The van der Waals surface area contributed by atoms with Crippen molar-refractivity contribution in [3.8, 4) is 23.2 Å². The van der Waals surface area contributed by atoms with Crippen LogP contribution in [0.1, 0.15) is 70.8 Å². The summed E-state index contributed by atoms with van der Waals surface area (Å²) in [6.07, 6.45) is 1.93. The number of aromatic amines is 1. The monoisotopic (exact) mass is 391 g/mol. The van der Waals surface area contributed by atoms with E-state index in [1.54, 1.807) is 19.1 Å². The number of nitrogens with one attached hydrogen (secondary N) is 1. The molecule has 2 bridgehead atoms. The molecular weight excluding hydrogens is 373 g/mol. The first-order chi connectivity index (χ1) is 14.0. The number of rotatable bonds is 3. The Labute approximate surface area is 165 Å². The van der Waals surface area contributed by atoms with Crippen LogP contribution in [0.2, 0.25) is 0 Å². The summed E-state index contributed by atoms with van der Waals surface area (Å²) in [6.45, 7) is 1.65. The minimum Gasteiger partial charge on any atom is -0.380 e. The molecule has 6 rings (SSSR count). The number of aliphatic hydroxyl groups excluding tert-OH is 1. The van der Waals surface area contributed by atoms with E-state index < -0.39 is 12.0 Å². The molecule has 8 heteroatoms. The molecule has 4 heterocycles. The number of amides is 1. The van der Waals surface area contributed by atoms with Crippen molar-refractivity contribution in [1.82, 2.24) is 19.7 Å². The molecule has 4 N–H and O–H groups in total. The first-order valence-electron chi connectivity index (χ1n) is 9.35. The quantitative estimate of drug-likeness (QED) is 0.596. The van der Waals surface area contributed by atoms with Gasteiger partial charge in [-0.15, -0.1) is 5.92 Å². The highest BCUT2D eigenvalue weighted by Gasteiger charge is 2.43. The third-order valence-electron chi connectivity index (χ3n) is 5.82. The summed E-state index contributed by atoms with van der Waals surface area (Å²) < 4.78 is 16.4. The Hall–Kier alpha value is -3.44. The molecule has 1 aliphatic carbocycles. The summed E-state index contributed by atoms with van der Waals surface area (Å²) in [5.74, 6) is 5.11. The molecule has 3 aromatic rings. The zero-order valence-corrected chi connectivity index (χ0v) is 15.6. The topological polar surface area (TPSA) is 110 Å². The highest BCUT2D eigenvalue weighted by Crippen LogP contribution is 2.53. The lowest BCUT2D eigenvalue weighted by Gasteiger charge is -2.36. The Morgan fingerprint density at radius 2 is 2.24 bits per heavy atom.